The number of nitrogens with two attached hydrogens (primary N) is 1. The molecule has 1 aliphatic carbocycles. The average Bonchev–Trinajstić information content (AvgIpc) is 2.12. The summed E-state index contributed by atoms with van der Waals surface area (Å²) in [6.45, 7) is 7.70. The van der Waals surface area contributed by atoms with Crippen LogP contribution in [0.25, 0.3) is 0 Å². The normalized spacial score (nSPS) is 28.9. The summed E-state index contributed by atoms with van der Waals surface area (Å²) in [5, 5.41) is 3.57. The van der Waals surface area contributed by atoms with E-state index in [-0.39, 0.29) is 11.4 Å². The lowest BCUT2D eigenvalue weighted by atomic mass is 9.66. The van der Waals surface area contributed by atoms with Crippen molar-refractivity contribution in [3.8, 4) is 0 Å². The van der Waals surface area contributed by atoms with Gasteiger partial charge in [-0.25, -0.2) is 0 Å². The second kappa shape index (κ2) is 5.17. The molecule has 1 atom stereocenters. The van der Waals surface area contributed by atoms with Crippen LogP contribution in [-0.2, 0) is 4.79 Å². The zero-order chi connectivity index (χ0) is 12.2. The maximum atomic E-state index is 11.2. The van der Waals surface area contributed by atoms with Crippen LogP contribution in [0.2, 0.25) is 0 Å². The highest BCUT2D eigenvalue weighted by Crippen LogP contribution is 2.42. The van der Waals surface area contributed by atoms with E-state index in [0.717, 1.165) is 25.8 Å². The molecule has 0 heterocycles. The van der Waals surface area contributed by atoms with Crippen LogP contribution in [0.4, 0.5) is 0 Å². The van der Waals surface area contributed by atoms with Gasteiger partial charge >= 0.3 is 0 Å². The summed E-state index contributed by atoms with van der Waals surface area (Å²) in [6, 6.07) is 0. The van der Waals surface area contributed by atoms with Crippen molar-refractivity contribution >= 4 is 5.91 Å². The summed E-state index contributed by atoms with van der Waals surface area (Å²) in [4.78, 5) is 11.2. The Bertz CT molecular complexity index is 250. The summed E-state index contributed by atoms with van der Waals surface area (Å²) in [5.74, 6) is -0.179. The van der Waals surface area contributed by atoms with Crippen LogP contribution in [0.1, 0.15) is 59.3 Å². The van der Waals surface area contributed by atoms with Gasteiger partial charge in [0, 0.05) is 12.0 Å². The fourth-order valence-corrected chi connectivity index (χ4v) is 3.09. The molecule has 1 aliphatic rings. The molecule has 0 saturated heterocycles. The Balaban J connectivity index is 2.72. The van der Waals surface area contributed by atoms with Crippen LogP contribution >= 0.6 is 0 Å². The third-order valence-corrected chi connectivity index (χ3v) is 3.59. The van der Waals surface area contributed by atoms with E-state index in [1.807, 2.05) is 0 Å². The lowest BCUT2D eigenvalue weighted by Gasteiger charge is -2.45. The number of amides is 1. The standard InChI is InChI=1S/C13H26N2O/c1-4-8-15-13(9-11(14)16)7-5-6-12(2,3)10-13/h15H,4-10H2,1-3H3,(H2,14,16). The highest BCUT2D eigenvalue weighted by atomic mass is 16.1. The van der Waals surface area contributed by atoms with E-state index in [1.54, 1.807) is 0 Å². The smallest absolute Gasteiger partial charge is 0.219 e. The van der Waals surface area contributed by atoms with Crippen molar-refractivity contribution in [3.63, 3.8) is 0 Å². The first-order valence-electron chi connectivity index (χ1n) is 6.42. The molecule has 0 bridgehead atoms. The topological polar surface area (TPSA) is 55.1 Å². The molecule has 16 heavy (non-hydrogen) atoms. The van der Waals surface area contributed by atoms with Crippen molar-refractivity contribution in [2.24, 2.45) is 11.1 Å². The molecular weight excluding hydrogens is 200 g/mol. The van der Waals surface area contributed by atoms with Gasteiger partial charge in [-0.1, -0.05) is 27.2 Å². The number of rotatable bonds is 5. The molecule has 0 aromatic rings. The Morgan fingerprint density at radius 3 is 2.56 bits per heavy atom. The molecule has 3 heteroatoms. The van der Waals surface area contributed by atoms with Crippen molar-refractivity contribution in [3.05, 3.63) is 0 Å². The SMILES string of the molecule is CCCNC1(CC(N)=O)CCCC(C)(C)C1. The fourth-order valence-electron chi connectivity index (χ4n) is 3.09. The van der Waals surface area contributed by atoms with E-state index in [4.69, 9.17) is 5.73 Å². The van der Waals surface area contributed by atoms with Crippen molar-refractivity contribution in [1.29, 1.82) is 0 Å². The minimum absolute atomic E-state index is 0.0381. The van der Waals surface area contributed by atoms with Crippen LogP contribution < -0.4 is 11.1 Å². The molecular formula is C13H26N2O. The first-order chi connectivity index (χ1) is 7.39. The van der Waals surface area contributed by atoms with Crippen molar-refractivity contribution in [2.45, 2.75) is 64.8 Å². The molecule has 3 N–H and O–H groups in total. The predicted molar refractivity (Wildman–Crippen MR) is 67.1 cm³/mol. The molecule has 1 amide bonds. The quantitative estimate of drug-likeness (QED) is 0.755. The van der Waals surface area contributed by atoms with Gasteiger partial charge in [-0.3, -0.25) is 4.79 Å². The second-order valence-electron chi connectivity index (χ2n) is 6.04. The molecule has 1 saturated carbocycles. The first kappa shape index (κ1) is 13.5. The lowest BCUT2D eigenvalue weighted by molar-refractivity contribution is -0.120. The van der Waals surface area contributed by atoms with Gasteiger partial charge < -0.3 is 11.1 Å². The zero-order valence-electron chi connectivity index (χ0n) is 10.9. The van der Waals surface area contributed by atoms with Crippen LogP contribution in [0.15, 0.2) is 0 Å². The molecule has 1 rings (SSSR count). The van der Waals surface area contributed by atoms with Crippen LogP contribution in [0, 0.1) is 5.41 Å². The largest absolute Gasteiger partial charge is 0.370 e. The Hall–Kier alpha value is -0.570. The third kappa shape index (κ3) is 3.78. The summed E-state index contributed by atoms with van der Waals surface area (Å²) >= 11 is 0. The molecule has 0 radical (unpaired) electrons. The average molecular weight is 226 g/mol. The Morgan fingerprint density at radius 1 is 1.38 bits per heavy atom. The van der Waals surface area contributed by atoms with E-state index in [1.165, 1.54) is 12.8 Å². The Kier molecular flexibility index (Phi) is 4.36. The van der Waals surface area contributed by atoms with E-state index in [0.29, 0.717) is 11.8 Å². The van der Waals surface area contributed by atoms with Crippen LogP contribution in [0.3, 0.4) is 0 Å². The Morgan fingerprint density at radius 2 is 2.06 bits per heavy atom. The minimum atomic E-state index is -0.179. The second-order valence-corrected chi connectivity index (χ2v) is 6.04. The van der Waals surface area contributed by atoms with E-state index in [9.17, 15) is 4.79 Å². The number of carbonyl (C=O) groups is 1. The number of hydrogen-bond acceptors (Lipinski definition) is 2. The van der Waals surface area contributed by atoms with Gasteiger partial charge in [-0.15, -0.1) is 0 Å². The summed E-state index contributed by atoms with van der Waals surface area (Å²) < 4.78 is 0. The maximum absolute atomic E-state index is 11.2. The third-order valence-electron chi connectivity index (χ3n) is 3.59. The summed E-state index contributed by atoms with van der Waals surface area (Å²) in [6.07, 6.45) is 6.16. The maximum Gasteiger partial charge on any atom is 0.219 e. The van der Waals surface area contributed by atoms with Gasteiger partial charge in [0.15, 0.2) is 0 Å². The van der Waals surface area contributed by atoms with Gasteiger partial charge in [0.1, 0.15) is 0 Å². The van der Waals surface area contributed by atoms with Crippen LogP contribution in [0.5, 0.6) is 0 Å². The van der Waals surface area contributed by atoms with E-state index in [2.05, 4.69) is 26.1 Å². The van der Waals surface area contributed by atoms with Gasteiger partial charge in [-0.2, -0.15) is 0 Å². The zero-order valence-corrected chi connectivity index (χ0v) is 10.9. The summed E-state index contributed by atoms with van der Waals surface area (Å²) in [7, 11) is 0. The molecule has 1 unspecified atom stereocenters. The highest BCUT2D eigenvalue weighted by molar-refractivity contribution is 5.75. The van der Waals surface area contributed by atoms with Gasteiger partial charge in [-0.05, 0) is 37.6 Å². The fraction of sp³-hybridized carbons (Fsp3) is 0.923. The number of nitrogens with one attached hydrogen (secondary N) is 1. The highest BCUT2D eigenvalue weighted by Gasteiger charge is 2.40. The molecule has 3 nitrogen and oxygen atoms in total. The van der Waals surface area contributed by atoms with Crippen LogP contribution in [-0.4, -0.2) is 18.0 Å². The molecule has 0 aromatic carbocycles. The van der Waals surface area contributed by atoms with Gasteiger partial charge in [0.05, 0.1) is 0 Å². The number of carbonyl (C=O) groups excluding carboxylic acids is 1. The molecule has 0 spiro atoms. The molecule has 1 fully saturated rings. The first-order valence-corrected chi connectivity index (χ1v) is 6.42. The predicted octanol–water partition coefficient (Wildman–Crippen LogP) is 2.20. The monoisotopic (exact) mass is 226 g/mol. The number of primary amides is 1. The van der Waals surface area contributed by atoms with Crippen molar-refractivity contribution in [2.75, 3.05) is 6.54 Å². The Labute approximate surface area is 99.2 Å². The van der Waals surface area contributed by atoms with Gasteiger partial charge in [0.2, 0.25) is 5.91 Å². The minimum Gasteiger partial charge on any atom is -0.370 e. The van der Waals surface area contributed by atoms with E-state index < -0.39 is 0 Å². The van der Waals surface area contributed by atoms with Crippen molar-refractivity contribution in [1.82, 2.24) is 5.32 Å². The van der Waals surface area contributed by atoms with Gasteiger partial charge in [0.25, 0.3) is 0 Å². The molecule has 0 aliphatic heterocycles. The molecule has 0 aromatic heterocycles. The summed E-state index contributed by atoms with van der Waals surface area (Å²) in [5.41, 5.74) is 5.68. The van der Waals surface area contributed by atoms with Crippen molar-refractivity contribution < 1.29 is 4.79 Å². The van der Waals surface area contributed by atoms with E-state index >= 15 is 0 Å². The number of hydrogen-bond donors (Lipinski definition) is 2. The lowest BCUT2D eigenvalue weighted by Crippen LogP contribution is -2.53. The molecule has 94 valence electrons.